The molecule has 0 radical (unpaired) electrons. The van der Waals surface area contributed by atoms with Gasteiger partial charge in [0.2, 0.25) is 0 Å². The Hall–Kier alpha value is -1.88. The third kappa shape index (κ3) is 2.10. The molecular weight excluding hydrogens is 244 g/mol. The van der Waals surface area contributed by atoms with Crippen molar-refractivity contribution >= 4 is 17.6 Å². The van der Waals surface area contributed by atoms with Gasteiger partial charge < -0.3 is 10.1 Å². The number of amides is 1. The third-order valence-corrected chi connectivity index (χ3v) is 3.74. The standard InChI is InChI=1S/C14H16N2O3/c1-10(17)11-3-2-4-12(7-11)16-9-14(19-13(16)18)5-6-15-8-14/h2-4,7,15H,5-6,8-9H2,1H3. The minimum absolute atomic E-state index is 0.00772. The lowest BCUT2D eigenvalue weighted by molar-refractivity contribution is 0.0732. The maximum Gasteiger partial charge on any atom is 0.415 e. The summed E-state index contributed by atoms with van der Waals surface area (Å²) in [5.74, 6) is -0.00772. The van der Waals surface area contributed by atoms with Crippen molar-refractivity contribution in [3.63, 3.8) is 0 Å². The molecule has 5 nitrogen and oxygen atoms in total. The van der Waals surface area contributed by atoms with Crippen molar-refractivity contribution in [3.05, 3.63) is 29.8 Å². The highest BCUT2D eigenvalue weighted by molar-refractivity contribution is 5.97. The molecule has 2 heterocycles. The van der Waals surface area contributed by atoms with Crippen LogP contribution < -0.4 is 10.2 Å². The van der Waals surface area contributed by atoms with Crippen molar-refractivity contribution in [2.24, 2.45) is 0 Å². The molecular formula is C14H16N2O3. The second-order valence-corrected chi connectivity index (χ2v) is 5.17. The van der Waals surface area contributed by atoms with Crippen molar-refractivity contribution in [1.82, 2.24) is 5.32 Å². The molecule has 0 saturated carbocycles. The highest BCUT2D eigenvalue weighted by atomic mass is 16.6. The Balaban J connectivity index is 1.88. The molecule has 1 aromatic rings. The van der Waals surface area contributed by atoms with E-state index in [1.54, 1.807) is 23.1 Å². The number of ketones is 1. The molecule has 2 aliphatic heterocycles. The van der Waals surface area contributed by atoms with Crippen LogP contribution in [0.15, 0.2) is 24.3 Å². The molecule has 1 spiro atoms. The molecule has 5 heteroatoms. The third-order valence-electron chi connectivity index (χ3n) is 3.74. The van der Waals surface area contributed by atoms with Crippen LogP contribution >= 0.6 is 0 Å². The number of rotatable bonds is 2. The van der Waals surface area contributed by atoms with Gasteiger partial charge in [0, 0.05) is 24.2 Å². The van der Waals surface area contributed by atoms with Gasteiger partial charge in [0.15, 0.2) is 5.78 Å². The minimum Gasteiger partial charge on any atom is -0.439 e. The molecule has 0 aromatic heterocycles. The number of anilines is 1. The molecule has 1 unspecified atom stereocenters. The van der Waals surface area contributed by atoms with Crippen molar-refractivity contribution in [2.75, 3.05) is 24.5 Å². The van der Waals surface area contributed by atoms with Gasteiger partial charge in [-0.05, 0) is 25.6 Å². The number of nitrogens with zero attached hydrogens (tertiary/aromatic N) is 1. The fourth-order valence-electron chi connectivity index (χ4n) is 2.66. The first kappa shape index (κ1) is 12.2. The minimum atomic E-state index is -0.399. The summed E-state index contributed by atoms with van der Waals surface area (Å²) in [7, 11) is 0. The van der Waals surface area contributed by atoms with Gasteiger partial charge >= 0.3 is 6.09 Å². The Morgan fingerprint density at radius 2 is 2.32 bits per heavy atom. The number of Topliss-reactive ketones (excluding diaryl/α,β-unsaturated/α-hetero) is 1. The van der Waals surface area contributed by atoms with Gasteiger partial charge in [-0.1, -0.05) is 12.1 Å². The van der Waals surface area contributed by atoms with Crippen LogP contribution in [0.1, 0.15) is 23.7 Å². The van der Waals surface area contributed by atoms with Gasteiger partial charge in [-0.15, -0.1) is 0 Å². The Kier molecular flexibility index (Phi) is 2.78. The van der Waals surface area contributed by atoms with Crippen LogP contribution in [0, 0.1) is 0 Å². The van der Waals surface area contributed by atoms with Crippen molar-refractivity contribution < 1.29 is 14.3 Å². The average Bonchev–Trinajstić information content (AvgIpc) is 2.97. The van der Waals surface area contributed by atoms with Gasteiger partial charge in [0.25, 0.3) is 0 Å². The highest BCUT2D eigenvalue weighted by Crippen LogP contribution is 2.32. The monoisotopic (exact) mass is 260 g/mol. The summed E-state index contributed by atoms with van der Waals surface area (Å²) in [5.41, 5.74) is 0.931. The van der Waals surface area contributed by atoms with E-state index in [0.717, 1.165) is 18.7 Å². The predicted molar refractivity (Wildman–Crippen MR) is 70.5 cm³/mol. The van der Waals surface area contributed by atoms with Gasteiger partial charge in [0.05, 0.1) is 6.54 Å². The summed E-state index contributed by atoms with van der Waals surface area (Å²) in [6, 6.07) is 7.11. The molecule has 2 aliphatic rings. The van der Waals surface area contributed by atoms with E-state index in [4.69, 9.17) is 4.74 Å². The molecule has 0 bridgehead atoms. The Morgan fingerprint density at radius 3 is 3.00 bits per heavy atom. The Morgan fingerprint density at radius 1 is 1.47 bits per heavy atom. The number of hydrogen-bond donors (Lipinski definition) is 1. The molecule has 1 N–H and O–H groups in total. The largest absolute Gasteiger partial charge is 0.439 e. The van der Waals surface area contributed by atoms with Crippen molar-refractivity contribution in [2.45, 2.75) is 18.9 Å². The number of ether oxygens (including phenoxy) is 1. The summed E-state index contributed by atoms with van der Waals surface area (Å²) in [6.07, 6.45) is 0.506. The molecule has 100 valence electrons. The van der Waals surface area contributed by atoms with Crippen LogP contribution in [0.5, 0.6) is 0 Å². The average molecular weight is 260 g/mol. The molecule has 1 aromatic carbocycles. The zero-order valence-electron chi connectivity index (χ0n) is 10.8. The SMILES string of the molecule is CC(=O)c1cccc(N2CC3(CCNC3)OC2=O)c1. The molecule has 2 fully saturated rings. The van der Waals surface area contributed by atoms with Crippen molar-refractivity contribution in [3.8, 4) is 0 Å². The van der Waals surface area contributed by atoms with Gasteiger partial charge in [-0.3, -0.25) is 9.69 Å². The summed E-state index contributed by atoms with van der Waals surface area (Å²) in [4.78, 5) is 25.0. The number of hydrogen-bond acceptors (Lipinski definition) is 4. The summed E-state index contributed by atoms with van der Waals surface area (Å²) in [5, 5.41) is 3.22. The Bertz CT molecular complexity index is 535. The lowest BCUT2D eigenvalue weighted by Gasteiger charge is -2.19. The molecule has 3 rings (SSSR count). The van der Waals surface area contributed by atoms with Gasteiger partial charge in [-0.25, -0.2) is 4.79 Å². The molecule has 2 saturated heterocycles. The van der Waals surface area contributed by atoms with Crippen LogP contribution in [-0.4, -0.2) is 37.1 Å². The first-order valence-corrected chi connectivity index (χ1v) is 6.42. The molecule has 0 aliphatic carbocycles. The van der Waals surface area contributed by atoms with E-state index in [0.29, 0.717) is 18.7 Å². The van der Waals surface area contributed by atoms with Crippen LogP contribution in [-0.2, 0) is 4.74 Å². The van der Waals surface area contributed by atoms with E-state index in [-0.39, 0.29) is 11.9 Å². The molecule has 1 amide bonds. The van der Waals surface area contributed by atoms with Crippen LogP contribution in [0.3, 0.4) is 0 Å². The second kappa shape index (κ2) is 4.35. The number of benzene rings is 1. The van der Waals surface area contributed by atoms with E-state index in [9.17, 15) is 9.59 Å². The maximum atomic E-state index is 12.0. The van der Waals surface area contributed by atoms with Crippen LogP contribution in [0.2, 0.25) is 0 Å². The van der Waals surface area contributed by atoms with Gasteiger partial charge in [0.1, 0.15) is 5.60 Å². The lowest BCUT2D eigenvalue weighted by atomic mass is 10.0. The van der Waals surface area contributed by atoms with Crippen LogP contribution in [0.4, 0.5) is 10.5 Å². The lowest BCUT2D eigenvalue weighted by Crippen LogP contribution is -2.36. The van der Waals surface area contributed by atoms with E-state index >= 15 is 0 Å². The second-order valence-electron chi connectivity index (χ2n) is 5.17. The fourth-order valence-corrected chi connectivity index (χ4v) is 2.66. The van der Waals surface area contributed by atoms with E-state index < -0.39 is 5.60 Å². The number of nitrogens with one attached hydrogen (secondary N) is 1. The first-order chi connectivity index (χ1) is 9.10. The zero-order chi connectivity index (χ0) is 13.5. The van der Waals surface area contributed by atoms with E-state index in [2.05, 4.69) is 5.32 Å². The predicted octanol–water partition coefficient (Wildman–Crippen LogP) is 1.58. The topological polar surface area (TPSA) is 58.6 Å². The number of carbonyl (C=O) groups is 2. The summed E-state index contributed by atoms with van der Waals surface area (Å²) < 4.78 is 5.52. The summed E-state index contributed by atoms with van der Waals surface area (Å²) in [6.45, 7) is 3.63. The smallest absolute Gasteiger partial charge is 0.415 e. The molecule has 19 heavy (non-hydrogen) atoms. The normalized spacial score (nSPS) is 25.9. The van der Waals surface area contributed by atoms with Crippen LogP contribution in [0.25, 0.3) is 0 Å². The van der Waals surface area contributed by atoms with E-state index in [1.165, 1.54) is 6.92 Å². The van der Waals surface area contributed by atoms with Gasteiger partial charge in [-0.2, -0.15) is 0 Å². The quantitative estimate of drug-likeness (QED) is 0.820. The van der Waals surface area contributed by atoms with Crippen molar-refractivity contribution in [1.29, 1.82) is 0 Å². The highest BCUT2D eigenvalue weighted by Gasteiger charge is 2.47. The maximum absolute atomic E-state index is 12.0. The van der Waals surface area contributed by atoms with E-state index in [1.807, 2.05) is 6.07 Å². The first-order valence-electron chi connectivity index (χ1n) is 6.42. The number of carbonyl (C=O) groups excluding carboxylic acids is 2. The fraction of sp³-hybridized carbons (Fsp3) is 0.429. The zero-order valence-corrected chi connectivity index (χ0v) is 10.8. The summed E-state index contributed by atoms with van der Waals surface area (Å²) >= 11 is 0. The molecule has 1 atom stereocenters. The Labute approximate surface area is 111 Å².